The Balaban J connectivity index is 1.75. The first-order valence-electron chi connectivity index (χ1n) is 12.8. The van der Waals surface area contributed by atoms with E-state index < -0.39 is 21.8 Å². The Kier molecular flexibility index (Phi) is 8.79. The molecule has 0 unspecified atom stereocenters. The molecule has 1 heterocycles. The van der Waals surface area contributed by atoms with Crippen molar-refractivity contribution in [3.05, 3.63) is 119 Å². The Morgan fingerprint density at radius 1 is 0.949 bits per heavy atom. The molecule has 1 aliphatic rings. The van der Waals surface area contributed by atoms with Gasteiger partial charge in [0, 0.05) is 17.7 Å². The summed E-state index contributed by atoms with van der Waals surface area (Å²) in [4.78, 5) is 29.3. The SMILES string of the molecule is C=CCN1C(C(=O)c2ccccc2)=C(OC(=O)c2ccc(CN(C)CCCC)cc2)c2ccccc2S1(=O)=O. The lowest BCUT2D eigenvalue weighted by Gasteiger charge is -2.32. The van der Waals surface area contributed by atoms with Crippen LogP contribution in [0.5, 0.6) is 0 Å². The van der Waals surface area contributed by atoms with Crippen LogP contribution in [0.2, 0.25) is 0 Å². The molecule has 39 heavy (non-hydrogen) atoms. The molecule has 3 aromatic carbocycles. The van der Waals surface area contributed by atoms with E-state index in [0.29, 0.717) is 0 Å². The molecule has 0 saturated heterocycles. The number of rotatable bonds is 11. The summed E-state index contributed by atoms with van der Waals surface area (Å²) in [5.41, 5.74) is 1.52. The largest absolute Gasteiger partial charge is 0.420 e. The van der Waals surface area contributed by atoms with Gasteiger partial charge in [0.05, 0.1) is 17.0 Å². The maximum Gasteiger partial charge on any atom is 0.343 e. The Labute approximate surface area is 230 Å². The van der Waals surface area contributed by atoms with Gasteiger partial charge in [0.15, 0.2) is 5.76 Å². The van der Waals surface area contributed by atoms with Gasteiger partial charge in [-0.2, -0.15) is 0 Å². The van der Waals surface area contributed by atoms with E-state index in [4.69, 9.17) is 4.74 Å². The van der Waals surface area contributed by atoms with Crippen LogP contribution in [0.1, 0.15) is 51.6 Å². The van der Waals surface area contributed by atoms with E-state index in [-0.39, 0.29) is 39.6 Å². The second-order valence-corrected chi connectivity index (χ2v) is 11.2. The number of benzene rings is 3. The molecule has 7 nitrogen and oxygen atoms in total. The van der Waals surface area contributed by atoms with E-state index >= 15 is 0 Å². The third-order valence-corrected chi connectivity index (χ3v) is 8.26. The van der Waals surface area contributed by atoms with Crippen molar-refractivity contribution in [1.82, 2.24) is 9.21 Å². The van der Waals surface area contributed by atoms with E-state index in [0.717, 1.165) is 35.8 Å². The van der Waals surface area contributed by atoms with Gasteiger partial charge in [-0.3, -0.25) is 9.10 Å². The summed E-state index contributed by atoms with van der Waals surface area (Å²) >= 11 is 0. The van der Waals surface area contributed by atoms with E-state index in [2.05, 4.69) is 25.5 Å². The van der Waals surface area contributed by atoms with E-state index in [9.17, 15) is 18.0 Å². The number of sulfonamides is 1. The lowest BCUT2D eigenvalue weighted by Crippen LogP contribution is -2.38. The fourth-order valence-electron chi connectivity index (χ4n) is 4.43. The molecule has 8 heteroatoms. The van der Waals surface area contributed by atoms with Crippen molar-refractivity contribution in [1.29, 1.82) is 0 Å². The van der Waals surface area contributed by atoms with Crippen molar-refractivity contribution >= 4 is 27.5 Å². The van der Waals surface area contributed by atoms with E-state index in [1.807, 2.05) is 12.1 Å². The number of hydrogen-bond donors (Lipinski definition) is 0. The molecule has 0 fully saturated rings. The number of ketones is 1. The quantitative estimate of drug-likeness (QED) is 0.180. The Hall–Kier alpha value is -4.01. The number of fused-ring (bicyclic) bond motifs is 1. The monoisotopic (exact) mass is 544 g/mol. The highest BCUT2D eigenvalue weighted by molar-refractivity contribution is 7.89. The molecule has 0 radical (unpaired) electrons. The number of Topliss-reactive ketones (excluding diaryl/α,β-unsaturated/α-hetero) is 1. The standard InChI is InChI=1S/C31H32N2O5S/c1-4-6-21-32(3)22-23-16-18-25(19-17-23)31(35)38-30-26-14-10-11-15-27(26)39(36,37)33(20-5-2)28(30)29(34)24-12-8-7-9-13-24/h5,7-19H,2,4,6,20-22H2,1,3H3. The average Bonchev–Trinajstić information content (AvgIpc) is 2.95. The number of nitrogens with zero attached hydrogens (tertiary/aromatic N) is 2. The lowest BCUT2D eigenvalue weighted by atomic mass is 10.0. The lowest BCUT2D eigenvalue weighted by molar-refractivity contribution is 0.0686. The summed E-state index contributed by atoms with van der Waals surface area (Å²) in [7, 11) is -2.06. The molecular formula is C31H32N2O5S. The molecule has 4 rings (SSSR count). The minimum absolute atomic E-state index is 0.0512. The van der Waals surface area contributed by atoms with Crippen LogP contribution in [0.15, 0.2) is 102 Å². The zero-order valence-electron chi connectivity index (χ0n) is 22.2. The van der Waals surface area contributed by atoms with Gasteiger partial charge in [-0.1, -0.05) is 74.0 Å². The smallest absolute Gasteiger partial charge is 0.343 e. The number of ether oxygens (including phenoxy) is 1. The molecule has 0 aliphatic carbocycles. The van der Waals surface area contributed by atoms with Crippen LogP contribution >= 0.6 is 0 Å². The molecule has 0 aromatic heterocycles. The summed E-state index contributed by atoms with van der Waals surface area (Å²) in [6.45, 7) is 7.38. The predicted molar refractivity (Wildman–Crippen MR) is 151 cm³/mol. The number of allylic oxidation sites excluding steroid dienone is 1. The van der Waals surface area contributed by atoms with Crippen molar-refractivity contribution in [2.75, 3.05) is 20.1 Å². The van der Waals surface area contributed by atoms with Gasteiger partial charge in [0.25, 0.3) is 10.0 Å². The first kappa shape index (κ1) is 28.0. The molecule has 3 aromatic rings. The van der Waals surface area contributed by atoms with Crippen molar-refractivity contribution in [3.63, 3.8) is 0 Å². The topological polar surface area (TPSA) is 84.0 Å². The summed E-state index contributed by atoms with van der Waals surface area (Å²) in [5, 5.41) is 0. The van der Waals surface area contributed by atoms with Crippen LogP contribution in [0.3, 0.4) is 0 Å². The van der Waals surface area contributed by atoms with Gasteiger partial charge in [-0.15, -0.1) is 6.58 Å². The number of hydrogen-bond acceptors (Lipinski definition) is 6. The van der Waals surface area contributed by atoms with Crippen LogP contribution in [0, 0.1) is 0 Å². The van der Waals surface area contributed by atoms with Crippen LogP contribution in [-0.4, -0.2) is 49.5 Å². The molecule has 0 bridgehead atoms. The fourth-order valence-corrected chi connectivity index (χ4v) is 6.06. The predicted octanol–water partition coefficient (Wildman–Crippen LogP) is 5.52. The molecule has 202 valence electrons. The van der Waals surface area contributed by atoms with Crippen molar-refractivity contribution in [2.24, 2.45) is 0 Å². The molecule has 0 N–H and O–H groups in total. The molecule has 0 spiro atoms. The van der Waals surface area contributed by atoms with E-state index in [1.165, 1.54) is 18.2 Å². The highest BCUT2D eigenvalue weighted by atomic mass is 32.2. The third kappa shape index (κ3) is 6.02. The number of carbonyl (C=O) groups is 2. The second-order valence-electron chi connectivity index (χ2n) is 9.37. The second kappa shape index (κ2) is 12.2. The zero-order chi connectivity index (χ0) is 28.0. The highest BCUT2D eigenvalue weighted by Crippen LogP contribution is 2.39. The minimum Gasteiger partial charge on any atom is -0.420 e. The van der Waals surface area contributed by atoms with E-state index in [1.54, 1.807) is 54.6 Å². The molecular weight excluding hydrogens is 512 g/mol. The molecule has 1 aliphatic heterocycles. The maximum absolute atomic E-state index is 13.7. The van der Waals surface area contributed by atoms with Crippen LogP contribution < -0.4 is 0 Å². The average molecular weight is 545 g/mol. The van der Waals surface area contributed by atoms with Gasteiger partial charge >= 0.3 is 5.97 Å². The highest BCUT2D eigenvalue weighted by Gasteiger charge is 2.41. The van der Waals surface area contributed by atoms with Gasteiger partial charge in [-0.25, -0.2) is 13.2 Å². The summed E-state index contributed by atoms with van der Waals surface area (Å²) in [5.74, 6) is -1.38. The number of unbranched alkanes of at least 4 members (excludes halogenated alkanes) is 1. The third-order valence-electron chi connectivity index (χ3n) is 6.44. The Morgan fingerprint density at radius 2 is 1.62 bits per heavy atom. The summed E-state index contributed by atoms with van der Waals surface area (Å²) in [6, 6.07) is 21.6. The van der Waals surface area contributed by atoms with Crippen molar-refractivity contribution in [3.8, 4) is 0 Å². The molecule has 0 amide bonds. The van der Waals surface area contributed by atoms with Crippen LogP contribution in [-0.2, 0) is 21.3 Å². The van der Waals surface area contributed by atoms with Gasteiger partial charge in [0.2, 0.25) is 5.78 Å². The molecule has 0 atom stereocenters. The first-order chi connectivity index (χ1) is 18.8. The minimum atomic E-state index is -4.12. The Morgan fingerprint density at radius 3 is 2.28 bits per heavy atom. The van der Waals surface area contributed by atoms with Crippen LogP contribution in [0.4, 0.5) is 0 Å². The first-order valence-corrected chi connectivity index (χ1v) is 14.3. The van der Waals surface area contributed by atoms with Crippen LogP contribution in [0.25, 0.3) is 5.76 Å². The summed E-state index contributed by atoms with van der Waals surface area (Å²) < 4.78 is 34.0. The zero-order valence-corrected chi connectivity index (χ0v) is 23.0. The van der Waals surface area contributed by atoms with Gasteiger partial charge in [-0.05, 0) is 49.8 Å². The fraction of sp³-hybridized carbons (Fsp3) is 0.226. The maximum atomic E-state index is 13.7. The number of carbonyl (C=O) groups excluding carboxylic acids is 2. The number of esters is 1. The normalized spacial score (nSPS) is 14.2. The van der Waals surface area contributed by atoms with Crippen molar-refractivity contribution < 1.29 is 22.7 Å². The summed E-state index contributed by atoms with van der Waals surface area (Å²) in [6.07, 6.45) is 3.62. The van der Waals surface area contributed by atoms with Gasteiger partial charge < -0.3 is 9.64 Å². The van der Waals surface area contributed by atoms with Gasteiger partial charge in [0.1, 0.15) is 5.70 Å². The Bertz CT molecular complexity index is 1500. The molecule has 0 saturated carbocycles. The van der Waals surface area contributed by atoms with Crippen molar-refractivity contribution in [2.45, 2.75) is 31.2 Å².